The minimum atomic E-state index is -0.174. The predicted octanol–water partition coefficient (Wildman–Crippen LogP) is 2.59. The van der Waals surface area contributed by atoms with E-state index in [0.717, 1.165) is 37.2 Å². The maximum atomic E-state index is 12.3. The van der Waals surface area contributed by atoms with E-state index in [0.29, 0.717) is 24.8 Å². The van der Waals surface area contributed by atoms with Crippen LogP contribution in [0.3, 0.4) is 0 Å². The first-order valence-electron chi connectivity index (χ1n) is 8.06. The molecule has 1 aliphatic rings. The molecule has 0 spiro atoms. The van der Waals surface area contributed by atoms with Crippen LogP contribution in [0.4, 0.5) is 0 Å². The van der Waals surface area contributed by atoms with Crippen LogP contribution in [0.1, 0.15) is 29.0 Å². The van der Waals surface area contributed by atoms with Crippen molar-refractivity contribution in [2.24, 2.45) is 5.92 Å². The third kappa shape index (κ3) is 4.36. The predicted molar refractivity (Wildman–Crippen MR) is 87.4 cm³/mol. The van der Waals surface area contributed by atoms with Crippen LogP contribution in [0.25, 0.3) is 0 Å². The number of para-hydroxylation sites is 1. The van der Waals surface area contributed by atoms with Gasteiger partial charge >= 0.3 is 0 Å². The summed E-state index contributed by atoms with van der Waals surface area (Å²) in [5.41, 5.74) is 0.758. The highest BCUT2D eigenvalue weighted by Gasteiger charge is 2.18. The largest absolute Gasteiger partial charge is 0.489 e. The molecule has 2 N–H and O–H groups in total. The Kier molecular flexibility index (Phi) is 5.32. The number of nitrogens with one attached hydrogen (secondary N) is 2. The molecule has 23 heavy (non-hydrogen) atoms. The van der Waals surface area contributed by atoms with Crippen LogP contribution >= 0.6 is 0 Å². The fourth-order valence-corrected chi connectivity index (χ4v) is 2.74. The third-order valence-electron chi connectivity index (χ3n) is 4.04. The van der Waals surface area contributed by atoms with Crippen LogP contribution < -0.4 is 15.4 Å². The highest BCUT2D eigenvalue weighted by atomic mass is 16.5. The van der Waals surface area contributed by atoms with Gasteiger partial charge in [-0.05, 0) is 50.0 Å². The number of hydrogen-bond donors (Lipinski definition) is 2. The summed E-state index contributed by atoms with van der Waals surface area (Å²) in [7, 11) is 0. The number of amides is 1. The highest BCUT2D eigenvalue weighted by Crippen LogP contribution is 2.16. The lowest BCUT2D eigenvalue weighted by atomic mass is 10.00. The molecule has 5 nitrogen and oxygen atoms in total. The highest BCUT2D eigenvalue weighted by molar-refractivity contribution is 5.92. The third-order valence-corrected chi connectivity index (χ3v) is 4.04. The average Bonchev–Trinajstić information content (AvgIpc) is 3.08. The quantitative estimate of drug-likeness (QED) is 0.860. The summed E-state index contributed by atoms with van der Waals surface area (Å²) in [4.78, 5) is 12.3. The van der Waals surface area contributed by atoms with Gasteiger partial charge in [0.05, 0.1) is 6.26 Å². The Balaban J connectivity index is 1.53. The second kappa shape index (κ2) is 7.83. The van der Waals surface area contributed by atoms with Gasteiger partial charge in [0.1, 0.15) is 12.4 Å². The number of piperidine rings is 1. The molecule has 1 unspecified atom stereocenters. The molecule has 1 aliphatic heterocycles. The second-order valence-electron chi connectivity index (χ2n) is 5.80. The topological polar surface area (TPSA) is 63.5 Å². The average molecular weight is 314 g/mol. The molecule has 0 radical (unpaired) electrons. The number of carbonyl (C=O) groups is 1. The first-order chi connectivity index (χ1) is 11.3. The van der Waals surface area contributed by atoms with E-state index < -0.39 is 0 Å². The van der Waals surface area contributed by atoms with Crippen molar-refractivity contribution in [3.63, 3.8) is 0 Å². The van der Waals surface area contributed by atoms with Crippen molar-refractivity contribution in [3.8, 4) is 5.75 Å². The van der Waals surface area contributed by atoms with E-state index in [4.69, 9.17) is 9.15 Å². The molecule has 122 valence electrons. The van der Waals surface area contributed by atoms with Crippen molar-refractivity contribution < 1.29 is 13.9 Å². The molecule has 1 aromatic heterocycles. The summed E-state index contributed by atoms with van der Waals surface area (Å²) in [5, 5.41) is 6.31. The molecule has 1 saturated heterocycles. The van der Waals surface area contributed by atoms with Gasteiger partial charge < -0.3 is 19.8 Å². The fraction of sp³-hybridized carbons (Fsp3) is 0.389. The zero-order chi connectivity index (χ0) is 15.9. The van der Waals surface area contributed by atoms with E-state index in [1.165, 1.54) is 6.26 Å². The summed E-state index contributed by atoms with van der Waals surface area (Å²) < 4.78 is 11.0. The van der Waals surface area contributed by atoms with E-state index >= 15 is 0 Å². The Morgan fingerprint density at radius 1 is 1.30 bits per heavy atom. The second-order valence-corrected chi connectivity index (χ2v) is 5.80. The molecular weight excluding hydrogens is 292 g/mol. The number of ether oxygens (including phenoxy) is 1. The fourth-order valence-electron chi connectivity index (χ4n) is 2.74. The Labute approximate surface area is 136 Å². The summed E-state index contributed by atoms with van der Waals surface area (Å²) >= 11 is 0. The van der Waals surface area contributed by atoms with Crippen molar-refractivity contribution >= 4 is 5.91 Å². The van der Waals surface area contributed by atoms with E-state index in [2.05, 4.69) is 10.6 Å². The van der Waals surface area contributed by atoms with E-state index in [1.807, 2.05) is 30.3 Å². The van der Waals surface area contributed by atoms with Gasteiger partial charge in [-0.25, -0.2) is 0 Å². The number of benzene rings is 1. The van der Waals surface area contributed by atoms with Gasteiger partial charge in [-0.15, -0.1) is 0 Å². The lowest BCUT2D eigenvalue weighted by molar-refractivity contribution is 0.0913. The van der Waals surface area contributed by atoms with Crippen LogP contribution in [0.2, 0.25) is 0 Å². The molecule has 2 heterocycles. The van der Waals surface area contributed by atoms with Gasteiger partial charge in [0.25, 0.3) is 5.91 Å². The molecule has 3 rings (SSSR count). The van der Waals surface area contributed by atoms with Gasteiger partial charge in [0.15, 0.2) is 5.76 Å². The van der Waals surface area contributed by atoms with E-state index in [-0.39, 0.29) is 5.91 Å². The van der Waals surface area contributed by atoms with Crippen molar-refractivity contribution in [1.29, 1.82) is 0 Å². The van der Waals surface area contributed by atoms with E-state index in [9.17, 15) is 4.79 Å². The summed E-state index contributed by atoms with van der Waals surface area (Å²) in [5.74, 6) is 1.43. The molecule has 1 atom stereocenters. The lowest BCUT2D eigenvalue weighted by Crippen LogP contribution is -2.38. The monoisotopic (exact) mass is 314 g/mol. The molecule has 1 amide bonds. The molecule has 0 saturated carbocycles. The van der Waals surface area contributed by atoms with Gasteiger partial charge in [-0.1, -0.05) is 18.2 Å². The van der Waals surface area contributed by atoms with Crippen molar-refractivity contribution in [1.82, 2.24) is 10.6 Å². The number of furan rings is 1. The number of hydrogen-bond acceptors (Lipinski definition) is 4. The van der Waals surface area contributed by atoms with Gasteiger partial charge in [0.2, 0.25) is 0 Å². The Morgan fingerprint density at radius 2 is 2.17 bits per heavy atom. The minimum absolute atomic E-state index is 0.174. The minimum Gasteiger partial charge on any atom is -0.489 e. The molecular formula is C18H22N2O3. The summed E-state index contributed by atoms with van der Waals surface area (Å²) in [6.07, 6.45) is 3.84. The zero-order valence-corrected chi connectivity index (χ0v) is 13.1. The SMILES string of the molecule is O=C(NCC1CCCNC1)c1occc1COc1ccccc1. The molecule has 2 aromatic rings. The standard InChI is InChI=1S/C18H22N2O3/c21-18(20-12-14-5-4-9-19-11-14)17-15(8-10-22-17)13-23-16-6-2-1-3-7-16/h1-3,6-8,10,14,19H,4-5,9,11-13H2,(H,20,21). The molecule has 0 bridgehead atoms. The first-order valence-corrected chi connectivity index (χ1v) is 8.06. The van der Waals surface area contributed by atoms with Crippen LogP contribution in [-0.2, 0) is 6.61 Å². The maximum Gasteiger partial charge on any atom is 0.287 e. The Bertz CT molecular complexity index is 618. The normalized spacial score (nSPS) is 17.7. The van der Waals surface area contributed by atoms with Crippen LogP contribution in [0.5, 0.6) is 5.75 Å². The molecule has 0 aliphatic carbocycles. The van der Waals surface area contributed by atoms with Crippen LogP contribution in [0.15, 0.2) is 47.1 Å². The molecule has 1 fully saturated rings. The zero-order valence-electron chi connectivity index (χ0n) is 13.1. The van der Waals surface area contributed by atoms with Crippen molar-refractivity contribution in [3.05, 3.63) is 54.0 Å². The number of rotatable bonds is 6. The smallest absolute Gasteiger partial charge is 0.287 e. The van der Waals surface area contributed by atoms with Gasteiger partial charge in [-0.3, -0.25) is 4.79 Å². The van der Waals surface area contributed by atoms with Crippen molar-refractivity contribution in [2.75, 3.05) is 19.6 Å². The Morgan fingerprint density at radius 3 is 2.96 bits per heavy atom. The maximum absolute atomic E-state index is 12.3. The Hall–Kier alpha value is -2.27. The molecule has 1 aromatic carbocycles. The lowest BCUT2D eigenvalue weighted by Gasteiger charge is -2.22. The van der Waals surface area contributed by atoms with Crippen LogP contribution in [-0.4, -0.2) is 25.5 Å². The van der Waals surface area contributed by atoms with E-state index in [1.54, 1.807) is 6.07 Å². The first kappa shape index (κ1) is 15.6. The molecule has 5 heteroatoms. The summed E-state index contributed by atoms with van der Waals surface area (Å²) in [6, 6.07) is 11.3. The number of carbonyl (C=O) groups excluding carboxylic acids is 1. The summed E-state index contributed by atoms with van der Waals surface area (Å²) in [6.45, 7) is 3.02. The van der Waals surface area contributed by atoms with Crippen LogP contribution in [0, 0.1) is 5.92 Å². The van der Waals surface area contributed by atoms with Gasteiger partial charge in [-0.2, -0.15) is 0 Å². The van der Waals surface area contributed by atoms with Crippen molar-refractivity contribution in [2.45, 2.75) is 19.4 Å². The van der Waals surface area contributed by atoms with Gasteiger partial charge in [0, 0.05) is 12.1 Å².